The van der Waals surface area contributed by atoms with Gasteiger partial charge in [0.05, 0.1) is 13.2 Å². The molecular weight excluding hydrogens is 820 g/mol. The summed E-state index contributed by atoms with van der Waals surface area (Å²) in [6, 6.07) is 0. The van der Waals surface area contributed by atoms with Crippen LogP contribution < -0.4 is 29.8 Å². The third-order valence-electron chi connectivity index (χ3n) is 3.93. The molecule has 0 aliphatic heterocycles. The van der Waals surface area contributed by atoms with Crippen LogP contribution in [0.25, 0.3) is 0 Å². The first kappa shape index (κ1) is 55.4. The fourth-order valence-electron chi connectivity index (χ4n) is 1.53. The molecule has 3 N–H and O–H groups in total. The zero-order valence-corrected chi connectivity index (χ0v) is 31.4. The minimum absolute atomic E-state index is 0.0761. The van der Waals surface area contributed by atoms with E-state index in [1.54, 1.807) is 27.7 Å². The Morgan fingerprint density at radius 3 is 1.10 bits per heavy atom. The first-order valence-corrected chi connectivity index (χ1v) is 21.0. The predicted molar refractivity (Wildman–Crippen MR) is 147 cm³/mol. The average Bonchev–Trinajstić information content (AvgIpc) is 2.83. The van der Waals surface area contributed by atoms with E-state index in [1.807, 2.05) is 0 Å². The number of allylic oxidation sites excluding steroid dienone is 2. The van der Waals surface area contributed by atoms with E-state index in [9.17, 15) is 83.6 Å². The molecule has 0 spiro atoms. The summed E-state index contributed by atoms with van der Waals surface area (Å²) in [5.41, 5.74) is 1.65. The number of carbonyl (C=O) groups is 2. The van der Waals surface area contributed by atoms with Gasteiger partial charge in [0.15, 0.2) is 20.3 Å². The largest absolute Gasteiger partial charge is 0.776 e. The molecule has 0 aromatic heterocycles. The predicted octanol–water partition coefficient (Wildman–Crippen LogP) is -4.45. The molecule has 0 aromatic rings. The van der Waals surface area contributed by atoms with Crippen LogP contribution >= 0.6 is 30.8 Å². The highest BCUT2D eigenvalue weighted by Gasteiger charge is 2.42. The van der Waals surface area contributed by atoms with Crippen molar-refractivity contribution in [3.8, 4) is 0 Å². The van der Waals surface area contributed by atoms with Gasteiger partial charge in [0.25, 0.3) is 15.6 Å². The van der Waals surface area contributed by atoms with Gasteiger partial charge in [-0.15, -0.1) is 8.67 Å². The quantitative estimate of drug-likeness (QED) is 0.0223. The second-order valence-corrected chi connectivity index (χ2v) is 18.1. The highest BCUT2D eigenvalue weighted by atomic mass is 32.3. The molecule has 0 saturated heterocycles. The number of aliphatic carboxylic acids is 2. The van der Waals surface area contributed by atoms with E-state index in [2.05, 4.69) is 22.0 Å². The molecule has 4 atom stereocenters. The van der Waals surface area contributed by atoms with Crippen molar-refractivity contribution in [2.75, 3.05) is 13.2 Å². The van der Waals surface area contributed by atoms with Gasteiger partial charge >= 0.3 is 0 Å². The van der Waals surface area contributed by atoms with Gasteiger partial charge in [0, 0.05) is 11.9 Å². The first-order chi connectivity index (χ1) is 21.9. The van der Waals surface area contributed by atoms with Crippen molar-refractivity contribution in [1.82, 2.24) is 0 Å². The fourth-order valence-corrected chi connectivity index (χ4v) is 5.22. The third kappa shape index (κ3) is 37.9. The molecule has 300 valence electrons. The minimum atomic E-state index is -5.51. The van der Waals surface area contributed by atoms with Gasteiger partial charge in [-0.25, -0.2) is 21.1 Å². The number of hydrogen-bond donors (Lipinski definition) is 3. The lowest BCUT2D eigenvalue weighted by Gasteiger charge is -2.39. The number of carbonyl (C=O) groups excluding carboxylic acids is 2. The van der Waals surface area contributed by atoms with E-state index in [-0.39, 0.29) is 33.0 Å². The molecule has 0 aliphatic rings. The van der Waals surface area contributed by atoms with Crippen molar-refractivity contribution in [1.29, 1.82) is 0 Å². The van der Waals surface area contributed by atoms with Crippen LogP contribution in [0, 0.1) is 0 Å². The summed E-state index contributed by atoms with van der Waals surface area (Å²) in [6.07, 6.45) is 3.47. The summed E-state index contributed by atoms with van der Waals surface area (Å²) >= 11 is 0. The van der Waals surface area contributed by atoms with E-state index in [0.29, 0.717) is 12.8 Å². The smallest absolute Gasteiger partial charge is 0.274 e. The Bertz CT molecular complexity index is 1420. The maximum atomic E-state index is 11.2. The molecule has 0 radical (unpaired) electrons. The number of aliphatic hydroxyl groups is 1. The van der Waals surface area contributed by atoms with Crippen molar-refractivity contribution >= 4 is 63.6 Å². The number of phosphoric acid groups is 2. The maximum absolute atomic E-state index is 11.2. The van der Waals surface area contributed by atoms with Crippen LogP contribution in [0.15, 0.2) is 23.3 Å². The van der Waals surface area contributed by atoms with Crippen LogP contribution in [0.3, 0.4) is 0 Å². The standard InChI is InChI=1S/C10H20O7P2.C6H10O4.C2H8O7P2.H2O8S2/c1-9(2)5-7-15-18(11,12)17-19(13,14)16-8-6-10(3)4;7-5(8)3-1-2-4-6(9)10;1-2(3,10(4,5)6)11(7,8)9;1-9(2,3)7-8-10(4,5)6/h5-6H,7-8H2,1-4H3,(H,11,12)(H,13,14);1-4H2,(H,7,8)(H,9,10);3H,1H3,(H2,4,5,6)(H2,7,8,9);(H,1,2,3)(H,4,5,6)/p-8. The summed E-state index contributed by atoms with van der Waals surface area (Å²) in [7, 11) is -31.5. The summed E-state index contributed by atoms with van der Waals surface area (Å²) in [4.78, 5) is 78.4. The van der Waals surface area contributed by atoms with Gasteiger partial charge < -0.3 is 81.6 Å². The monoisotopic (exact) mass is 852 g/mol. The molecule has 0 fully saturated rings. The van der Waals surface area contributed by atoms with Gasteiger partial charge in [-0.2, -0.15) is 0 Å². The van der Waals surface area contributed by atoms with Gasteiger partial charge in [0.1, 0.15) is 0 Å². The molecule has 0 rings (SSSR count). The summed E-state index contributed by atoms with van der Waals surface area (Å²) in [5, 5.41) is 24.6. The summed E-state index contributed by atoms with van der Waals surface area (Å²) in [6.45, 7) is 6.62. The Labute approximate surface area is 285 Å². The van der Waals surface area contributed by atoms with Gasteiger partial charge in [-0.05, 0) is 60.3 Å². The summed E-state index contributed by atoms with van der Waals surface area (Å²) in [5.74, 6) is -2.28. The van der Waals surface area contributed by atoms with Crippen LogP contribution in [-0.2, 0) is 70.7 Å². The molecule has 0 aromatic carbocycles. The lowest BCUT2D eigenvalue weighted by molar-refractivity contribution is -0.308. The van der Waals surface area contributed by atoms with E-state index in [0.717, 1.165) is 11.1 Å². The second-order valence-electron chi connectivity index (χ2n) is 9.05. The van der Waals surface area contributed by atoms with Crippen molar-refractivity contribution in [3.63, 3.8) is 0 Å². The van der Waals surface area contributed by atoms with E-state index in [4.69, 9.17) is 14.9 Å². The third-order valence-corrected chi connectivity index (χ3v) is 10.7. The SMILES string of the molecule is CC(C)=CCOP(=O)([O-])OP(=O)([O-])OCC=C(C)C.CC(O)(P(=O)([O-])O)P(=O)([O-])O.O=C([O-])CCCCC(=O)[O-].O=S(=O)([O-])OOS(=O)(=O)[O-]. The molecule has 50 heavy (non-hydrogen) atoms. The summed E-state index contributed by atoms with van der Waals surface area (Å²) < 4.78 is 117. The molecule has 0 bridgehead atoms. The molecule has 0 heterocycles. The van der Waals surface area contributed by atoms with Crippen LogP contribution in [0.2, 0.25) is 0 Å². The Hall–Kier alpha value is -1.32. The van der Waals surface area contributed by atoms with Crippen LogP contribution in [0.1, 0.15) is 60.3 Å². The van der Waals surface area contributed by atoms with E-state index >= 15 is 0 Å². The van der Waals surface area contributed by atoms with Crippen molar-refractivity contribution < 1.29 is 120 Å². The average molecular weight is 852 g/mol. The number of unbranched alkanes of at least 4 members (excludes halogenated alkanes) is 1. The number of rotatable bonds is 18. The van der Waals surface area contributed by atoms with Gasteiger partial charge in [-0.3, -0.25) is 9.13 Å². The van der Waals surface area contributed by atoms with E-state index in [1.165, 1.54) is 12.2 Å². The normalized spacial score (nSPS) is 17.2. The minimum Gasteiger partial charge on any atom is -0.776 e. The Morgan fingerprint density at radius 2 is 0.940 bits per heavy atom. The van der Waals surface area contributed by atoms with E-state index < -0.39 is 68.7 Å². The number of phosphoric ester groups is 2. The van der Waals surface area contributed by atoms with Gasteiger partial charge in [0.2, 0.25) is 20.8 Å². The molecule has 26 nitrogen and oxygen atoms in total. The Kier molecular flexibility index (Phi) is 26.7. The highest BCUT2D eigenvalue weighted by molar-refractivity contribution is 7.83. The number of carboxylic acids is 2. The zero-order chi connectivity index (χ0) is 41.0. The van der Waals surface area contributed by atoms with Crippen molar-refractivity contribution in [2.45, 2.75) is 65.4 Å². The maximum Gasteiger partial charge on any atom is 0.274 e. The topological polar surface area (TPSA) is 462 Å². The van der Waals surface area contributed by atoms with Crippen LogP contribution in [0.4, 0.5) is 0 Å². The zero-order valence-electron chi connectivity index (χ0n) is 26.2. The van der Waals surface area contributed by atoms with Crippen molar-refractivity contribution in [2.24, 2.45) is 0 Å². The molecular formula is C18H32O26P4S2-8. The van der Waals surface area contributed by atoms with Gasteiger partial charge in [-0.1, -0.05) is 23.3 Å². The molecule has 32 heteroatoms. The fraction of sp³-hybridized carbons (Fsp3) is 0.667. The van der Waals surface area contributed by atoms with Crippen LogP contribution in [0.5, 0.6) is 0 Å². The number of carboxylic acid groups (broad SMARTS) is 2. The Morgan fingerprint density at radius 1 is 0.680 bits per heavy atom. The number of hydrogen-bond acceptors (Lipinski definition) is 24. The molecule has 0 amide bonds. The molecule has 4 unspecified atom stereocenters. The lowest BCUT2D eigenvalue weighted by Crippen LogP contribution is -2.34. The first-order valence-electron chi connectivity index (χ1n) is 12.3. The van der Waals surface area contributed by atoms with Crippen LogP contribution in [-0.4, -0.2) is 71.1 Å². The molecule has 0 aliphatic carbocycles. The Balaban J connectivity index is -0.000000296. The lowest BCUT2D eigenvalue weighted by atomic mass is 10.2. The second kappa shape index (κ2) is 24.1. The van der Waals surface area contributed by atoms with Crippen molar-refractivity contribution in [3.05, 3.63) is 23.3 Å². The molecule has 0 saturated carbocycles. The highest BCUT2D eigenvalue weighted by Crippen LogP contribution is 2.62.